The van der Waals surface area contributed by atoms with Gasteiger partial charge in [-0.2, -0.15) is 0 Å². The van der Waals surface area contributed by atoms with Gasteiger partial charge in [-0.15, -0.1) is 23.2 Å². The maximum absolute atomic E-state index is 15.2. The van der Waals surface area contributed by atoms with Gasteiger partial charge >= 0.3 is 0 Å². The van der Waals surface area contributed by atoms with E-state index in [9.17, 15) is 18.8 Å². The van der Waals surface area contributed by atoms with Crippen molar-refractivity contribution < 1.29 is 23.2 Å². The predicted octanol–water partition coefficient (Wildman–Crippen LogP) is 7.39. The highest BCUT2D eigenvalue weighted by molar-refractivity contribution is 6.53. The Hall–Kier alpha value is -2.66. The molecule has 0 spiro atoms. The summed E-state index contributed by atoms with van der Waals surface area (Å²) in [6.45, 7) is 0.622. The third-order valence-electron chi connectivity index (χ3n) is 7.08. The van der Waals surface area contributed by atoms with Gasteiger partial charge in [0.2, 0.25) is 11.8 Å². The molecule has 14 heteroatoms. The standard InChI is InChI=1S/C28H21Cl5F2N4O3/c29-15-6-4-13(37-27(42)22-21(28(22,32)33)12-3-5-16(30)17(31)10-12)11-14(15)25(40)38-19-8-7-18(34)24(23(19)35)39-26(41)20-2-1-9-36-20/h3-8,10-11,20-22,36H,1-2,9H2,(H,37,42)(H,38,40)(H,39,41)/t20?,21-,22?/m0/s1. The zero-order valence-corrected chi connectivity index (χ0v) is 25.1. The van der Waals surface area contributed by atoms with Crippen LogP contribution < -0.4 is 21.3 Å². The largest absolute Gasteiger partial charge is 0.326 e. The molecule has 1 aliphatic carbocycles. The first-order valence-electron chi connectivity index (χ1n) is 12.6. The second-order valence-electron chi connectivity index (χ2n) is 9.86. The molecule has 1 saturated heterocycles. The normalized spacial score (nSPS) is 20.6. The second kappa shape index (κ2) is 12.1. The van der Waals surface area contributed by atoms with Crippen LogP contribution in [0.2, 0.25) is 15.1 Å². The Morgan fingerprint density at radius 2 is 1.60 bits per heavy atom. The number of alkyl halides is 2. The average Bonchev–Trinajstić information content (AvgIpc) is 3.25. The monoisotopic (exact) mass is 674 g/mol. The average molecular weight is 677 g/mol. The first-order valence-corrected chi connectivity index (χ1v) is 14.5. The minimum atomic E-state index is -1.41. The summed E-state index contributed by atoms with van der Waals surface area (Å²) in [5, 5.41) is 10.8. The van der Waals surface area contributed by atoms with E-state index in [1.807, 2.05) is 0 Å². The summed E-state index contributed by atoms with van der Waals surface area (Å²) in [6.07, 6.45) is 1.29. The highest BCUT2D eigenvalue weighted by Crippen LogP contribution is 2.65. The first-order chi connectivity index (χ1) is 19.9. The number of carbonyl (C=O) groups is 3. The van der Waals surface area contributed by atoms with Crippen LogP contribution in [0.3, 0.4) is 0 Å². The second-order valence-corrected chi connectivity index (χ2v) is 12.5. The zero-order valence-electron chi connectivity index (χ0n) is 21.3. The molecule has 1 heterocycles. The Bertz CT molecular complexity index is 1600. The molecule has 3 amide bonds. The lowest BCUT2D eigenvalue weighted by Crippen LogP contribution is -2.36. The summed E-state index contributed by atoms with van der Waals surface area (Å²) in [6, 6.07) is 10.3. The number of amides is 3. The minimum Gasteiger partial charge on any atom is -0.326 e. The molecule has 2 fully saturated rings. The highest BCUT2D eigenvalue weighted by Gasteiger charge is 2.67. The third-order valence-corrected chi connectivity index (χ3v) is 9.09. The van der Waals surface area contributed by atoms with Crippen molar-refractivity contribution in [3.8, 4) is 0 Å². The highest BCUT2D eigenvalue weighted by atomic mass is 35.5. The molecular formula is C28H21Cl5F2N4O3. The molecule has 0 aromatic heterocycles. The lowest BCUT2D eigenvalue weighted by molar-refractivity contribution is -0.118. The molecule has 0 bridgehead atoms. The topological polar surface area (TPSA) is 99.3 Å². The number of nitrogens with one attached hydrogen (secondary N) is 4. The molecule has 4 N–H and O–H groups in total. The number of benzene rings is 3. The minimum absolute atomic E-state index is 0.00186. The lowest BCUT2D eigenvalue weighted by atomic mass is 10.1. The summed E-state index contributed by atoms with van der Waals surface area (Å²) >= 11 is 31.1. The summed E-state index contributed by atoms with van der Waals surface area (Å²) < 4.78 is 28.2. The van der Waals surface area contributed by atoms with E-state index in [4.69, 9.17) is 58.0 Å². The van der Waals surface area contributed by atoms with Crippen molar-refractivity contribution in [1.82, 2.24) is 5.32 Å². The Kier molecular flexibility index (Phi) is 8.90. The van der Waals surface area contributed by atoms with Gasteiger partial charge in [-0.3, -0.25) is 14.4 Å². The van der Waals surface area contributed by atoms with Gasteiger partial charge in [-0.1, -0.05) is 40.9 Å². The smallest absolute Gasteiger partial charge is 0.257 e. The van der Waals surface area contributed by atoms with Crippen molar-refractivity contribution in [1.29, 1.82) is 0 Å². The number of halogens is 7. The molecule has 220 valence electrons. The lowest BCUT2D eigenvalue weighted by Gasteiger charge is -2.15. The van der Waals surface area contributed by atoms with Gasteiger partial charge in [0.25, 0.3) is 5.91 Å². The van der Waals surface area contributed by atoms with Gasteiger partial charge in [0.15, 0.2) is 5.82 Å². The maximum atomic E-state index is 15.2. The predicted molar refractivity (Wildman–Crippen MR) is 161 cm³/mol. The molecule has 2 unspecified atom stereocenters. The molecule has 3 aromatic carbocycles. The fraction of sp³-hybridized carbons (Fsp3) is 0.250. The van der Waals surface area contributed by atoms with Crippen molar-refractivity contribution in [2.45, 2.75) is 29.1 Å². The number of rotatable bonds is 7. The van der Waals surface area contributed by atoms with E-state index in [2.05, 4.69) is 21.3 Å². The Morgan fingerprint density at radius 3 is 2.29 bits per heavy atom. The molecule has 2 aliphatic rings. The van der Waals surface area contributed by atoms with Gasteiger partial charge in [0.1, 0.15) is 15.8 Å². The molecule has 0 radical (unpaired) electrons. The van der Waals surface area contributed by atoms with E-state index in [0.717, 1.165) is 18.6 Å². The molecule has 5 rings (SSSR count). The number of hydrogen-bond acceptors (Lipinski definition) is 4. The van der Waals surface area contributed by atoms with Gasteiger partial charge in [0, 0.05) is 11.6 Å². The van der Waals surface area contributed by atoms with Crippen LogP contribution in [0.5, 0.6) is 0 Å². The van der Waals surface area contributed by atoms with E-state index in [1.165, 1.54) is 18.2 Å². The first kappa shape index (κ1) is 30.8. The van der Waals surface area contributed by atoms with Gasteiger partial charge < -0.3 is 21.3 Å². The van der Waals surface area contributed by atoms with Crippen molar-refractivity contribution in [3.05, 3.63) is 86.4 Å². The molecule has 3 atom stereocenters. The molecule has 42 heavy (non-hydrogen) atoms. The van der Waals surface area contributed by atoms with Crippen LogP contribution in [0.4, 0.5) is 25.8 Å². The zero-order chi connectivity index (χ0) is 30.3. The van der Waals surface area contributed by atoms with Crippen LogP contribution >= 0.6 is 58.0 Å². The SMILES string of the molecule is O=C(Nc1ccc(F)c(NC(=O)C2CCCN2)c1F)c1cc(NC(=O)C2[C@H](c3ccc(Cl)c(Cl)c3)C2(Cl)Cl)ccc1Cl. The molecule has 7 nitrogen and oxygen atoms in total. The number of carbonyl (C=O) groups excluding carboxylic acids is 3. The van der Waals surface area contributed by atoms with Crippen LogP contribution in [-0.4, -0.2) is 34.6 Å². The van der Waals surface area contributed by atoms with E-state index in [1.54, 1.807) is 18.2 Å². The van der Waals surface area contributed by atoms with Crippen molar-refractivity contribution >= 4 is 92.8 Å². The van der Waals surface area contributed by atoms with E-state index >= 15 is 4.39 Å². The molecule has 1 aliphatic heterocycles. The Labute approximate surface area is 264 Å². The van der Waals surface area contributed by atoms with Crippen LogP contribution in [0, 0.1) is 17.6 Å². The molecular weight excluding hydrogens is 656 g/mol. The number of anilines is 3. The van der Waals surface area contributed by atoms with E-state index in [0.29, 0.717) is 23.6 Å². The maximum Gasteiger partial charge on any atom is 0.257 e. The van der Waals surface area contributed by atoms with Crippen LogP contribution in [-0.2, 0) is 9.59 Å². The van der Waals surface area contributed by atoms with Crippen LogP contribution in [0.15, 0.2) is 48.5 Å². The third kappa shape index (κ3) is 6.18. The Morgan fingerprint density at radius 1 is 0.857 bits per heavy atom. The Balaban J connectivity index is 1.30. The summed E-state index contributed by atoms with van der Waals surface area (Å²) in [5.41, 5.74) is -0.376. The number of hydrogen-bond donors (Lipinski definition) is 4. The summed E-state index contributed by atoms with van der Waals surface area (Å²) in [5.74, 6) is -5.53. The van der Waals surface area contributed by atoms with Gasteiger partial charge in [0.05, 0.1) is 38.3 Å². The fourth-order valence-corrected chi connectivity index (χ4v) is 6.18. The van der Waals surface area contributed by atoms with E-state index in [-0.39, 0.29) is 21.3 Å². The van der Waals surface area contributed by atoms with Crippen LogP contribution in [0.25, 0.3) is 0 Å². The van der Waals surface area contributed by atoms with Crippen molar-refractivity contribution in [3.63, 3.8) is 0 Å². The van der Waals surface area contributed by atoms with Gasteiger partial charge in [-0.05, 0) is 67.4 Å². The summed E-state index contributed by atoms with van der Waals surface area (Å²) in [7, 11) is 0. The van der Waals surface area contributed by atoms with Crippen LogP contribution in [0.1, 0.15) is 34.7 Å². The van der Waals surface area contributed by atoms with Crippen molar-refractivity contribution in [2.75, 3.05) is 22.5 Å². The summed E-state index contributed by atoms with van der Waals surface area (Å²) in [4.78, 5) is 38.5. The quantitative estimate of drug-likeness (QED) is 0.196. The van der Waals surface area contributed by atoms with Gasteiger partial charge in [-0.25, -0.2) is 8.78 Å². The molecule has 3 aromatic rings. The van der Waals surface area contributed by atoms with Crippen molar-refractivity contribution in [2.24, 2.45) is 5.92 Å². The fourth-order valence-electron chi connectivity index (χ4n) is 4.84. The molecule has 1 saturated carbocycles. The van der Waals surface area contributed by atoms with E-state index < -0.39 is 62.9 Å².